The average molecular weight is 475 g/mol. The van der Waals surface area contributed by atoms with E-state index in [2.05, 4.69) is 10.2 Å². The maximum absolute atomic E-state index is 13.8. The second-order valence-electron chi connectivity index (χ2n) is 8.19. The number of carbonyl (C=O) groups excluding carboxylic acids is 2. The summed E-state index contributed by atoms with van der Waals surface area (Å²) in [4.78, 5) is 27.9. The maximum Gasteiger partial charge on any atom is 0.418 e. The molecule has 1 saturated heterocycles. The van der Waals surface area contributed by atoms with Crippen molar-refractivity contribution in [2.24, 2.45) is 0 Å². The first-order chi connectivity index (χ1) is 16.9. The van der Waals surface area contributed by atoms with Crippen LogP contribution in [-0.4, -0.2) is 27.1 Å². The van der Waals surface area contributed by atoms with Crippen molar-refractivity contribution in [2.45, 2.75) is 25.0 Å². The molecule has 35 heavy (non-hydrogen) atoms. The molecule has 0 bridgehead atoms. The number of imide groups is 1. The summed E-state index contributed by atoms with van der Waals surface area (Å²) < 4.78 is 38.9. The summed E-state index contributed by atoms with van der Waals surface area (Å²) in [6.07, 6.45) is -0.936. The van der Waals surface area contributed by atoms with Gasteiger partial charge in [-0.1, -0.05) is 60.7 Å². The fourth-order valence-corrected chi connectivity index (χ4v) is 4.12. The fraction of sp³-hybridized carbons (Fsp3) is 0.154. The Morgan fingerprint density at radius 1 is 0.914 bits per heavy atom. The number of amides is 2. The number of cyclic esters (lactones) is 1. The zero-order valence-electron chi connectivity index (χ0n) is 18.5. The molecule has 1 aliphatic rings. The van der Waals surface area contributed by atoms with Crippen LogP contribution in [0.5, 0.6) is 0 Å². The van der Waals surface area contributed by atoms with E-state index in [0.29, 0.717) is 11.6 Å². The van der Waals surface area contributed by atoms with Gasteiger partial charge in [0.2, 0.25) is 5.89 Å². The smallest absolute Gasteiger partial charge is 0.418 e. The van der Waals surface area contributed by atoms with E-state index < -0.39 is 35.3 Å². The molecule has 4 aromatic rings. The summed E-state index contributed by atoms with van der Waals surface area (Å²) in [5.41, 5.74) is -0.546. The predicted molar refractivity (Wildman–Crippen MR) is 120 cm³/mol. The Morgan fingerprint density at radius 3 is 2.20 bits per heavy atom. The molecule has 0 saturated carbocycles. The number of rotatable bonds is 6. The van der Waals surface area contributed by atoms with Crippen molar-refractivity contribution in [1.29, 1.82) is 0 Å². The van der Waals surface area contributed by atoms with Gasteiger partial charge in [0.25, 0.3) is 17.4 Å². The van der Waals surface area contributed by atoms with Gasteiger partial charge in [-0.05, 0) is 30.2 Å². The number of carbonyl (C=O) groups is 2. The SMILES string of the molecule is C[C@H](c1ccccc1)N1C(=O)O[C@](Cc2ccccc2)(c2nnc(-c3cc(F)cc(F)c3)o2)C1=O. The number of aromatic nitrogens is 2. The summed E-state index contributed by atoms with van der Waals surface area (Å²) in [5, 5.41) is 7.84. The van der Waals surface area contributed by atoms with Gasteiger partial charge in [0.15, 0.2) is 0 Å². The van der Waals surface area contributed by atoms with Gasteiger partial charge < -0.3 is 9.15 Å². The second kappa shape index (κ2) is 8.75. The summed E-state index contributed by atoms with van der Waals surface area (Å²) >= 11 is 0. The van der Waals surface area contributed by atoms with Crippen LogP contribution in [-0.2, 0) is 21.6 Å². The molecule has 3 aromatic carbocycles. The molecule has 9 heteroatoms. The summed E-state index contributed by atoms with van der Waals surface area (Å²) in [7, 11) is 0. The normalized spacial score (nSPS) is 18.5. The molecule has 0 unspecified atom stereocenters. The highest BCUT2D eigenvalue weighted by atomic mass is 19.1. The molecule has 2 amide bonds. The molecule has 7 nitrogen and oxygen atoms in total. The van der Waals surface area contributed by atoms with E-state index in [1.165, 1.54) is 0 Å². The minimum Gasteiger partial charge on any atom is -0.422 e. The summed E-state index contributed by atoms with van der Waals surface area (Å²) in [5.74, 6) is -2.84. The summed E-state index contributed by atoms with van der Waals surface area (Å²) in [6, 6.07) is 20.1. The van der Waals surface area contributed by atoms with Crippen molar-refractivity contribution in [3.63, 3.8) is 0 Å². The van der Waals surface area contributed by atoms with E-state index >= 15 is 0 Å². The van der Waals surface area contributed by atoms with Crippen molar-refractivity contribution >= 4 is 12.0 Å². The maximum atomic E-state index is 13.8. The Kier molecular flexibility index (Phi) is 5.60. The first-order valence-electron chi connectivity index (χ1n) is 10.8. The minimum atomic E-state index is -1.95. The molecule has 1 aromatic heterocycles. The van der Waals surface area contributed by atoms with Crippen LogP contribution < -0.4 is 0 Å². The molecule has 1 fully saturated rings. The predicted octanol–water partition coefficient (Wildman–Crippen LogP) is 5.19. The van der Waals surface area contributed by atoms with Gasteiger partial charge >= 0.3 is 6.09 Å². The zero-order chi connectivity index (χ0) is 24.6. The van der Waals surface area contributed by atoms with Crippen molar-refractivity contribution < 1.29 is 27.5 Å². The van der Waals surface area contributed by atoms with Crippen LogP contribution in [0.1, 0.15) is 30.0 Å². The van der Waals surface area contributed by atoms with E-state index in [-0.39, 0.29) is 23.8 Å². The lowest BCUT2D eigenvalue weighted by molar-refractivity contribution is -0.140. The third-order valence-electron chi connectivity index (χ3n) is 5.87. The Balaban J connectivity index is 1.58. The number of hydrogen-bond donors (Lipinski definition) is 0. The van der Waals surface area contributed by atoms with Crippen molar-refractivity contribution in [3.8, 4) is 11.5 Å². The topological polar surface area (TPSA) is 85.5 Å². The fourth-order valence-electron chi connectivity index (χ4n) is 4.12. The number of halogens is 2. The number of ether oxygens (including phenoxy) is 1. The molecule has 0 radical (unpaired) electrons. The number of hydrogen-bond acceptors (Lipinski definition) is 6. The van der Waals surface area contributed by atoms with Crippen molar-refractivity contribution in [3.05, 3.63) is 108 Å². The molecule has 176 valence electrons. The van der Waals surface area contributed by atoms with Crippen molar-refractivity contribution in [2.75, 3.05) is 0 Å². The molecular weight excluding hydrogens is 456 g/mol. The molecule has 1 aliphatic heterocycles. The second-order valence-corrected chi connectivity index (χ2v) is 8.19. The lowest BCUT2D eigenvalue weighted by atomic mass is 9.92. The first-order valence-corrected chi connectivity index (χ1v) is 10.8. The largest absolute Gasteiger partial charge is 0.422 e. The third-order valence-corrected chi connectivity index (χ3v) is 5.87. The van der Waals surface area contributed by atoms with E-state index in [1.807, 2.05) is 12.1 Å². The molecular formula is C26H19F2N3O4. The van der Waals surface area contributed by atoms with Crippen LogP contribution in [0.3, 0.4) is 0 Å². The van der Waals surface area contributed by atoms with Gasteiger partial charge in [0.05, 0.1) is 6.04 Å². The summed E-state index contributed by atoms with van der Waals surface area (Å²) in [6.45, 7) is 1.71. The van der Waals surface area contributed by atoms with Crippen LogP contribution in [0.2, 0.25) is 0 Å². The highest BCUT2D eigenvalue weighted by Crippen LogP contribution is 2.41. The Morgan fingerprint density at radius 2 is 1.54 bits per heavy atom. The third kappa shape index (κ3) is 4.05. The van der Waals surface area contributed by atoms with E-state index in [1.54, 1.807) is 55.5 Å². The number of benzene rings is 3. The van der Waals surface area contributed by atoms with Gasteiger partial charge in [0.1, 0.15) is 11.6 Å². The Bertz CT molecular complexity index is 1370. The first kappa shape index (κ1) is 22.4. The van der Waals surface area contributed by atoms with Crippen molar-refractivity contribution in [1.82, 2.24) is 15.1 Å². The molecule has 2 atom stereocenters. The van der Waals surface area contributed by atoms with Gasteiger partial charge in [-0.3, -0.25) is 4.79 Å². The van der Waals surface area contributed by atoms with Gasteiger partial charge in [-0.25, -0.2) is 18.5 Å². The highest BCUT2D eigenvalue weighted by Gasteiger charge is 2.60. The zero-order valence-corrected chi connectivity index (χ0v) is 18.5. The molecule has 0 aliphatic carbocycles. The standard InChI is InChI=1S/C26H19F2N3O4/c1-16(18-10-6-3-7-11-18)31-24(32)26(35-25(31)33,15-17-8-4-2-5-9-17)23-30-29-22(34-23)19-12-20(27)14-21(28)13-19/h2-14,16H,15H2,1H3/t16-,26-/m1/s1. The lowest BCUT2D eigenvalue weighted by Crippen LogP contribution is -2.41. The van der Waals surface area contributed by atoms with Gasteiger partial charge in [-0.2, -0.15) is 0 Å². The minimum absolute atomic E-state index is 0.0117. The molecule has 0 spiro atoms. The molecule has 0 N–H and O–H groups in total. The van der Waals surface area contributed by atoms with E-state index in [0.717, 1.165) is 22.6 Å². The van der Waals surface area contributed by atoms with Gasteiger partial charge in [0, 0.05) is 18.1 Å². The van der Waals surface area contributed by atoms with E-state index in [4.69, 9.17) is 9.15 Å². The Hall–Kier alpha value is -4.40. The van der Waals surface area contributed by atoms with Crippen LogP contribution in [0.15, 0.2) is 83.3 Å². The van der Waals surface area contributed by atoms with E-state index in [9.17, 15) is 18.4 Å². The average Bonchev–Trinajstić information content (AvgIpc) is 3.43. The van der Waals surface area contributed by atoms with Crippen LogP contribution in [0.4, 0.5) is 13.6 Å². The Labute approximate surface area is 199 Å². The van der Waals surface area contributed by atoms with Gasteiger partial charge in [-0.15, -0.1) is 10.2 Å². The number of nitrogens with zero attached hydrogens (tertiary/aromatic N) is 3. The molecule has 2 heterocycles. The highest BCUT2D eigenvalue weighted by molar-refractivity contribution is 6.03. The van der Waals surface area contributed by atoms with Crippen LogP contribution >= 0.6 is 0 Å². The van der Waals surface area contributed by atoms with Crippen LogP contribution in [0.25, 0.3) is 11.5 Å². The van der Waals surface area contributed by atoms with Crippen LogP contribution in [0, 0.1) is 11.6 Å². The quantitative estimate of drug-likeness (QED) is 0.381. The lowest BCUT2D eigenvalue weighted by Gasteiger charge is -2.23. The molecule has 5 rings (SSSR count). The monoisotopic (exact) mass is 475 g/mol.